The molecule has 0 aliphatic rings. The molecule has 0 fully saturated rings. The number of hydrogen-bond donors (Lipinski definition) is 1. The number of aryl methyl sites for hydroxylation is 1. The molecule has 6 aromatic rings. The zero-order valence-corrected chi connectivity index (χ0v) is 21.8. The standard InChI is InChI=1S/C32H25FN4OS/c33-27-17-9-7-16-25(27)31-35-36-32(37(31)20-19-22-11-3-1-4-12-22)39-30(23-13-5-2-6-14-23)29(38)26-21-34-28-18-10-8-15-24(26)28/h1-18,21,30,34H,19-20H2/t30-/m0/s1. The molecule has 0 bridgehead atoms. The van der Waals surface area contributed by atoms with Gasteiger partial charge in [0, 0.05) is 29.2 Å². The van der Waals surface area contributed by atoms with Gasteiger partial charge in [-0.25, -0.2) is 4.39 Å². The summed E-state index contributed by atoms with van der Waals surface area (Å²) in [5, 5.41) is 9.77. The van der Waals surface area contributed by atoms with Gasteiger partial charge in [0.05, 0.1) is 5.56 Å². The number of ketones is 1. The predicted octanol–water partition coefficient (Wildman–Crippen LogP) is 7.52. The number of aromatic nitrogens is 4. The fourth-order valence-corrected chi connectivity index (χ4v) is 5.86. The third-order valence-corrected chi connectivity index (χ3v) is 7.95. The van der Waals surface area contributed by atoms with Crippen LogP contribution in [-0.2, 0) is 13.0 Å². The van der Waals surface area contributed by atoms with Gasteiger partial charge in [-0.1, -0.05) is 103 Å². The summed E-state index contributed by atoms with van der Waals surface area (Å²) >= 11 is 1.34. The monoisotopic (exact) mass is 532 g/mol. The lowest BCUT2D eigenvalue weighted by Gasteiger charge is -2.17. The Hall–Kier alpha value is -4.49. The van der Waals surface area contributed by atoms with Gasteiger partial charge in [0.25, 0.3) is 0 Å². The Kier molecular flexibility index (Phi) is 7.06. The maximum absolute atomic E-state index is 14.9. The zero-order valence-electron chi connectivity index (χ0n) is 21.0. The van der Waals surface area contributed by atoms with Crippen LogP contribution in [0.3, 0.4) is 0 Å². The number of nitrogens with zero attached hydrogens (tertiary/aromatic N) is 3. The minimum absolute atomic E-state index is 0.0336. The van der Waals surface area contributed by atoms with Crippen LogP contribution in [-0.4, -0.2) is 25.5 Å². The Morgan fingerprint density at radius 1 is 0.846 bits per heavy atom. The zero-order chi connectivity index (χ0) is 26.6. The van der Waals surface area contributed by atoms with E-state index in [0.29, 0.717) is 35.1 Å². The normalized spacial score (nSPS) is 12.0. The molecule has 2 heterocycles. The Labute approximate surface area is 229 Å². The second-order valence-corrected chi connectivity index (χ2v) is 10.3. The van der Waals surface area contributed by atoms with Crippen LogP contribution in [0.25, 0.3) is 22.3 Å². The van der Waals surface area contributed by atoms with Gasteiger partial charge >= 0.3 is 0 Å². The van der Waals surface area contributed by atoms with E-state index in [9.17, 15) is 9.18 Å². The smallest absolute Gasteiger partial charge is 0.192 e. The molecule has 0 spiro atoms. The topological polar surface area (TPSA) is 63.6 Å². The average molecular weight is 533 g/mol. The quantitative estimate of drug-likeness (QED) is 0.154. The number of hydrogen-bond acceptors (Lipinski definition) is 4. The van der Waals surface area contributed by atoms with Crippen molar-refractivity contribution in [2.75, 3.05) is 0 Å². The van der Waals surface area contributed by atoms with Crippen molar-refractivity contribution in [1.29, 1.82) is 0 Å². The first-order valence-electron chi connectivity index (χ1n) is 12.7. The summed E-state index contributed by atoms with van der Waals surface area (Å²) in [4.78, 5) is 17.3. The summed E-state index contributed by atoms with van der Waals surface area (Å²) in [6.07, 6.45) is 2.48. The third-order valence-electron chi connectivity index (χ3n) is 6.72. The molecule has 0 unspecified atom stereocenters. The highest BCUT2D eigenvalue weighted by molar-refractivity contribution is 8.00. The van der Waals surface area contributed by atoms with E-state index in [0.717, 1.165) is 22.0 Å². The Morgan fingerprint density at radius 2 is 1.54 bits per heavy atom. The van der Waals surface area contributed by atoms with Gasteiger partial charge in [0.2, 0.25) is 0 Å². The van der Waals surface area contributed by atoms with E-state index in [2.05, 4.69) is 27.3 Å². The molecule has 39 heavy (non-hydrogen) atoms. The number of thioether (sulfide) groups is 1. The molecule has 0 aliphatic heterocycles. The van der Waals surface area contributed by atoms with Gasteiger partial charge in [-0.15, -0.1) is 10.2 Å². The van der Waals surface area contributed by atoms with Crippen LogP contribution in [0.1, 0.15) is 26.7 Å². The number of rotatable bonds is 9. The van der Waals surface area contributed by atoms with Gasteiger partial charge in [-0.05, 0) is 35.7 Å². The van der Waals surface area contributed by atoms with Gasteiger partial charge in [-0.2, -0.15) is 0 Å². The molecule has 2 aromatic heterocycles. The SMILES string of the molecule is O=C(c1c[nH]c2ccccc12)[C@@H](Sc1nnc(-c2ccccc2F)n1CCc1ccccc1)c1ccccc1. The van der Waals surface area contributed by atoms with E-state index in [4.69, 9.17) is 0 Å². The molecule has 6 rings (SSSR count). The average Bonchev–Trinajstić information content (AvgIpc) is 3.60. The summed E-state index contributed by atoms with van der Waals surface area (Å²) in [6.45, 7) is 0.534. The lowest BCUT2D eigenvalue weighted by molar-refractivity contribution is 0.0991. The van der Waals surface area contributed by atoms with E-state index in [-0.39, 0.29) is 11.6 Å². The summed E-state index contributed by atoms with van der Waals surface area (Å²) in [7, 11) is 0. The van der Waals surface area contributed by atoms with Crippen molar-refractivity contribution in [2.24, 2.45) is 0 Å². The number of Topliss-reactive ketones (excluding diaryl/α,β-unsaturated/α-hetero) is 1. The number of nitrogens with one attached hydrogen (secondary N) is 1. The van der Waals surface area contributed by atoms with Crippen LogP contribution in [0, 0.1) is 5.82 Å². The number of para-hydroxylation sites is 1. The van der Waals surface area contributed by atoms with Crippen LogP contribution in [0.5, 0.6) is 0 Å². The van der Waals surface area contributed by atoms with Crippen molar-refractivity contribution in [3.63, 3.8) is 0 Å². The Morgan fingerprint density at radius 3 is 2.33 bits per heavy atom. The molecule has 0 aliphatic carbocycles. The molecule has 1 atom stereocenters. The second kappa shape index (κ2) is 11.1. The van der Waals surface area contributed by atoms with E-state index >= 15 is 0 Å². The molecule has 0 saturated heterocycles. The van der Waals surface area contributed by atoms with Gasteiger partial charge < -0.3 is 9.55 Å². The van der Waals surface area contributed by atoms with Crippen LogP contribution in [0.15, 0.2) is 121 Å². The maximum atomic E-state index is 14.9. The van der Waals surface area contributed by atoms with Crippen LogP contribution >= 0.6 is 11.8 Å². The van der Waals surface area contributed by atoms with Gasteiger partial charge in [0.1, 0.15) is 11.1 Å². The number of carbonyl (C=O) groups excluding carboxylic acids is 1. The predicted molar refractivity (Wildman–Crippen MR) is 153 cm³/mol. The Balaban J connectivity index is 1.41. The molecular formula is C32H25FN4OS. The van der Waals surface area contributed by atoms with E-state index in [1.165, 1.54) is 17.8 Å². The molecule has 1 N–H and O–H groups in total. The Bertz CT molecular complexity index is 1730. The lowest BCUT2D eigenvalue weighted by Crippen LogP contribution is -2.12. The molecule has 5 nitrogen and oxygen atoms in total. The first-order chi connectivity index (χ1) is 19.2. The molecule has 192 valence electrons. The molecule has 4 aromatic carbocycles. The van der Waals surface area contributed by atoms with E-state index in [1.54, 1.807) is 24.4 Å². The van der Waals surface area contributed by atoms with E-state index < -0.39 is 5.25 Å². The number of benzene rings is 4. The van der Waals surface area contributed by atoms with Crippen LogP contribution < -0.4 is 0 Å². The van der Waals surface area contributed by atoms with Crippen molar-refractivity contribution in [2.45, 2.75) is 23.4 Å². The second-order valence-electron chi connectivity index (χ2n) is 9.19. The highest BCUT2D eigenvalue weighted by atomic mass is 32.2. The fourth-order valence-electron chi connectivity index (χ4n) is 4.73. The summed E-state index contributed by atoms with van der Waals surface area (Å²) in [5.41, 5.74) is 3.92. The summed E-state index contributed by atoms with van der Waals surface area (Å²) in [5.74, 6) is 0.0449. The highest BCUT2D eigenvalue weighted by Crippen LogP contribution is 2.39. The van der Waals surface area contributed by atoms with Gasteiger partial charge in [0.15, 0.2) is 16.8 Å². The number of H-pyrrole nitrogens is 1. The summed E-state index contributed by atoms with van der Waals surface area (Å²) < 4.78 is 16.8. The van der Waals surface area contributed by atoms with Crippen LogP contribution in [0.4, 0.5) is 4.39 Å². The largest absolute Gasteiger partial charge is 0.360 e. The maximum Gasteiger partial charge on any atom is 0.192 e. The van der Waals surface area contributed by atoms with Crippen molar-refractivity contribution >= 4 is 28.4 Å². The molecule has 7 heteroatoms. The van der Waals surface area contributed by atoms with Crippen molar-refractivity contribution in [3.05, 3.63) is 138 Å². The molecular weight excluding hydrogens is 507 g/mol. The van der Waals surface area contributed by atoms with Crippen molar-refractivity contribution in [3.8, 4) is 11.4 Å². The third kappa shape index (κ3) is 5.13. The first kappa shape index (κ1) is 24.8. The van der Waals surface area contributed by atoms with Crippen molar-refractivity contribution in [1.82, 2.24) is 19.7 Å². The number of aromatic amines is 1. The molecule has 0 amide bonds. The van der Waals surface area contributed by atoms with Crippen molar-refractivity contribution < 1.29 is 9.18 Å². The van der Waals surface area contributed by atoms with Gasteiger partial charge in [-0.3, -0.25) is 4.79 Å². The minimum atomic E-state index is -0.571. The number of carbonyl (C=O) groups is 1. The molecule has 0 saturated carbocycles. The number of halogens is 1. The fraction of sp³-hybridized carbons (Fsp3) is 0.0938. The highest BCUT2D eigenvalue weighted by Gasteiger charge is 2.29. The minimum Gasteiger partial charge on any atom is -0.360 e. The number of fused-ring (bicyclic) bond motifs is 1. The molecule has 0 radical (unpaired) electrons. The van der Waals surface area contributed by atoms with Crippen LogP contribution in [0.2, 0.25) is 0 Å². The lowest BCUT2D eigenvalue weighted by atomic mass is 10.0. The summed E-state index contributed by atoms with van der Waals surface area (Å²) in [6, 6.07) is 34.1. The van der Waals surface area contributed by atoms with E-state index in [1.807, 2.05) is 77.4 Å². The first-order valence-corrected chi connectivity index (χ1v) is 13.6.